The van der Waals surface area contributed by atoms with Crippen LogP contribution >= 0.6 is 31.9 Å². The third kappa shape index (κ3) is 2.84. The number of ether oxygens (including phenoxy) is 1. The molecule has 1 aromatic carbocycles. The fourth-order valence-corrected chi connectivity index (χ4v) is 3.47. The number of carbonyl (C=O) groups excluding carboxylic acids is 1. The Labute approximate surface area is 146 Å². The van der Waals surface area contributed by atoms with Crippen LogP contribution < -0.4 is 4.74 Å². The van der Waals surface area contributed by atoms with Crippen molar-refractivity contribution in [3.63, 3.8) is 0 Å². The number of aromatic nitrogens is 1. The molecule has 1 aliphatic rings. The van der Waals surface area contributed by atoms with E-state index in [9.17, 15) is 4.79 Å². The molecule has 114 valence electrons. The molecule has 0 bridgehead atoms. The smallest absolute Gasteiger partial charge is 0.315 e. The van der Waals surface area contributed by atoms with Gasteiger partial charge in [-0.25, -0.2) is 0 Å². The summed E-state index contributed by atoms with van der Waals surface area (Å²) in [6.45, 7) is 4.15. The summed E-state index contributed by atoms with van der Waals surface area (Å²) in [5.74, 6) is 0.338. The minimum Gasteiger partial charge on any atom is -0.424 e. The van der Waals surface area contributed by atoms with Crippen molar-refractivity contribution in [3.05, 3.63) is 46.0 Å². The summed E-state index contributed by atoms with van der Waals surface area (Å²) in [4.78, 5) is 16.8. The molecule has 2 aromatic rings. The quantitative estimate of drug-likeness (QED) is 0.511. The molecular weight excluding hydrogens is 410 g/mol. The van der Waals surface area contributed by atoms with Crippen LogP contribution in [0.3, 0.4) is 0 Å². The lowest BCUT2D eigenvalue weighted by atomic mass is 10.1. The van der Waals surface area contributed by atoms with E-state index in [-0.39, 0.29) is 23.2 Å². The van der Waals surface area contributed by atoms with Crippen LogP contribution in [0.15, 0.2) is 46.0 Å². The highest BCUT2D eigenvalue weighted by atomic mass is 79.9. The summed E-state index contributed by atoms with van der Waals surface area (Å²) in [5, 5.41) is 0.961. The van der Waals surface area contributed by atoms with Crippen molar-refractivity contribution in [1.29, 1.82) is 0 Å². The van der Waals surface area contributed by atoms with Gasteiger partial charge in [0, 0.05) is 11.6 Å². The zero-order chi connectivity index (χ0) is 15.9. The van der Waals surface area contributed by atoms with Crippen molar-refractivity contribution in [1.82, 2.24) is 4.98 Å². The molecule has 3 nitrogen and oxygen atoms in total. The summed E-state index contributed by atoms with van der Waals surface area (Å²) >= 11 is 6.72. The number of benzene rings is 1. The highest BCUT2D eigenvalue weighted by Crippen LogP contribution is 2.60. The van der Waals surface area contributed by atoms with E-state index in [0.29, 0.717) is 11.3 Å². The first kappa shape index (κ1) is 15.7. The minimum absolute atomic E-state index is 0.0954. The van der Waals surface area contributed by atoms with Crippen molar-refractivity contribution in [2.45, 2.75) is 13.8 Å². The van der Waals surface area contributed by atoms with Crippen LogP contribution in [-0.4, -0.2) is 11.0 Å². The number of fused-ring (bicyclic) bond motifs is 1. The Morgan fingerprint density at radius 3 is 2.73 bits per heavy atom. The van der Waals surface area contributed by atoms with Gasteiger partial charge in [-0.05, 0) is 55.3 Å². The van der Waals surface area contributed by atoms with Gasteiger partial charge in [0.05, 0.1) is 9.31 Å². The van der Waals surface area contributed by atoms with Gasteiger partial charge >= 0.3 is 5.97 Å². The Morgan fingerprint density at radius 1 is 1.27 bits per heavy atom. The van der Waals surface area contributed by atoms with Crippen molar-refractivity contribution < 1.29 is 9.53 Å². The standard InChI is InChI=1S/C17H15Br2NO2/c1-17(2)11(9-13(18)19)14(17)16(21)22-12-7-3-5-10-6-4-8-20-15(10)12/h3-9,11,14H,1-2H3/t11-,14-/m1/s1. The number of halogens is 2. The van der Waals surface area contributed by atoms with Crippen LogP contribution in [0.2, 0.25) is 0 Å². The van der Waals surface area contributed by atoms with E-state index in [0.717, 1.165) is 8.78 Å². The molecule has 1 heterocycles. The summed E-state index contributed by atoms with van der Waals surface area (Å²) < 4.78 is 6.50. The van der Waals surface area contributed by atoms with Gasteiger partial charge in [-0.2, -0.15) is 0 Å². The van der Waals surface area contributed by atoms with Crippen LogP contribution in [0.4, 0.5) is 0 Å². The maximum atomic E-state index is 12.5. The number of nitrogens with zero attached hydrogens (tertiary/aromatic N) is 1. The molecule has 0 N–H and O–H groups in total. The van der Waals surface area contributed by atoms with E-state index >= 15 is 0 Å². The number of hydrogen-bond donors (Lipinski definition) is 0. The number of allylic oxidation sites excluding steroid dienone is 1. The zero-order valence-corrected chi connectivity index (χ0v) is 15.4. The second kappa shape index (κ2) is 5.78. The van der Waals surface area contributed by atoms with E-state index in [1.54, 1.807) is 12.3 Å². The highest BCUT2D eigenvalue weighted by Gasteiger charge is 2.61. The van der Waals surface area contributed by atoms with E-state index in [4.69, 9.17) is 4.74 Å². The molecule has 1 aromatic heterocycles. The summed E-state index contributed by atoms with van der Waals surface area (Å²) in [5.41, 5.74) is 0.618. The highest BCUT2D eigenvalue weighted by molar-refractivity contribution is 9.28. The van der Waals surface area contributed by atoms with E-state index in [2.05, 4.69) is 50.7 Å². The van der Waals surface area contributed by atoms with Gasteiger partial charge in [0.15, 0.2) is 5.75 Å². The second-order valence-corrected chi connectivity index (χ2v) is 8.81. The number of rotatable bonds is 3. The third-order valence-corrected chi connectivity index (χ3v) is 4.81. The number of hydrogen-bond acceptors (Lipinski definition) is 3. The topological polar surface area (TPSA) is 39.2 Å². The lowest BCUT2D eigenvalue weighted by molar-refractivity contribution is -0.136. The van der Waals surface area contributed by atoms with Gasteiger partial charge < -0.3 is 4.74 Å². The molecule has 2 atom stereocenters. The molecular formula is C17H15Br2NO2. The molecule has 3 rings (SSSR count). The Hall–Kier alpha value is -1.20. The first-order chi connectivity index (χ1) is 10.4. The van der Waals surface area contributed by atoms with E-state index in [1.165, 1.54) is 0 Å². The van der Waals surface area contributed by atoms with Gasteiger partial charge in [0.1, 0.15) is 5.52 Å². The number of para-hydroxylation sites is 1. The van der Waals surface area contributed by atoms with Gasteiger partial charge in [-0.3, -0.25) is 9.78 Å². The number of pyridine rings is 1. The average molecular weight is 425 g/mol. The largest absolute Gasteiger partial charge is 0.424 e. The molecule has 1 saturated carbocycles. The van der Waals surface area contributed by atoms with Crippen LogP contribution in [0, 0.1) is 17.3 Å². The maximum Gasteiger partial charge on any atom is 0.315 e. The second-order valence-electron chi connectivity index (χ2n) is 6.03. The van der Waals surface area contributed by atoms with Crippen LogP contribution in [-0.2, 0) is 4.79 Å². The normalized spacial score (nSPS) is 22.2. The fraction of sp³-hybridized carbons (Fsp3) is 0.294. The number of carbonyl (C=O) groups is 1. The third-order valence-electron chi connectivity index (χ3n) is 4.28. The van der Waals surface area contributed by atoms with Gasteiger partial charge in [0.25, 0.3) is 0 Å². The van der Waals surface area contributed by atoms with Crippen molar-refractivity contribution in [2.24, 2.45) is 17.3 Å². The predicted octanol–water partition coefficient (Wildman–Crippen LogP) is 5.04. The Morgan fingerprint density at radius 2 is 2.00 bits per heavy atom. The first-order valence-electron chi connectivity index (χ1n) is 6.99. The van der Waals surface area contributed by atoms with E-state index < -0.39 is 0 Å². The molecule has 0 radical (unpaired) electrons. The molecule has 1 aliphatic carbocycles. The molecule has 0 unspecified atom stereocenters. The van der Waals surface area contributed by atoms with Gasteiger partial charge in [-0.1, -0.05) is 38.1 Å². The van der Waals surface area contributed by atoms with Gasteiger partial charge in [0.2, 0.25) is 0 Å². The first-order valence-corrected chi connectivity index (χ1v) is 8.58. The van der Waals surface area contributed by atoms with Gasteiger partial charge in [-0.15, -0.1) is 0 Å². The number of esters is 1. The van der Waals surface area contributed by atoms with Crippen molar-refractivity contribution in [2.75, 3.05) is 0 Å². The van der Waals surface area contributed by atoms with E-state index in [1.807, 2.05) is 30.3 Å². The summed E-state index contributed by atoms with van der Waals surface area (Å²) in [6.07, 6.45) is 3.71. The lowest BCUT2D eigenvalue weighted by Gasteiger charge is -2.07. The average Bonchev–Trinajstić information content (AvgIpc) is 2.99. The molecule has 22 heavy (non-hydrogen) atoms. The molecule has 0 spiro atoms. The van der Waals surface area contributed by atoms with Crippen molar-refractivity contribution >= 4 is 48.7 Å². The summed E-state index contributed by atoms with van der Waals surface area (Å²) in [6, 6.07) is 9.43. The molecule has 0 saturated heterocycles. The minimum atomic E-state index is -0.203. The Balaban J connectivity index is 1.84. The zero-order valence-electron chi connectivity index (χ0n) is 12.2. The Bertz CT molecular complexity index is 761. The molecule has 0 aliphatic heterocycles. The predicted molar refractivity (Wildman–Crippen MR) is 94.1 cm³/mol. The van der Waals surface area contributed by atoms with Crippen LogP contribution in [0.1, 0.15) is 13.8 Å². The summed E-state index contributed by atoms with van der Waals surface area (Å²) in [7, 11) is 0. The Kier molecular flexibility index (Phi) is 4.12. The van der Waals surface area contributed by atoms with Crippen LogP contribution in [0.25, 0.3) is 10.9 Å². The molecule has 1 fully saturated rings. The van der Waals surface area contributed by atoms with Crippen LogP contribution in [0.5, 0.6) is 5.75 Å². The maximum absolute atomic E-state index is 12.5. The monoisotopic (exact) mass is 423 g/mol. The van der Waals surface area contributed by atoms with Crippen molar-refractivity contribution in [3.8, 4) is 5.75 Å². The SMILES string of the molecule is CC1(C)[C@H](C=C(Br)Br)[C@@H]1C(=O)Oc1cccc2cccnc12. The fourth-order valence-electron chi connectivity index (χ4n) is 2.91. The lowest BCUT2D eigenvalue weighted by Crippen LogP contribution is -2.14. The molecule has 5 heteroatoms. The molecule has 0 amide bonds.